The zero-order valence-electron chi connectivity index (χ0n) is 12.1. The van der Waals surface area contributed by atoms with Crippen LogP contribution in [0.15, 0.2) is 30.3 Å². The van der Waals surface area contributed by atoms with E-state index in [9.17, 15) is 15.0 Å². The third-order valence-electron chi connectivity index (χ3n) is 4.98. The van der Waals surface area contributed by atoms with Crippen molar-refractivity contribution >= 4 is 22.7 Å². The Morgan fingerprint density at radius 3 is 2.55 bits per heavy atom. The number of rotatable bonds is 2. The molecule has 1 saturated heterocycles. The molecule has 5 heteroatoms. The minimum atomic E-state index is -0.922. The number of carboxylic acid groups (broad SMARTS) is 1. The zero-order chi connectivity index (χ0) is 15.3. The Labute approximate surface area is 128 Å². The average Bonchev–Trinajstić information content (AvgIpc) is 3.03. The largest absolute Gasteiger partial charge is 0.478 e. The Morgan fingerprint density at radius 2 is 1.86 bits per heavy atom. The van der Waals surface area contributed by atoms with E-state index in [2.05, 4.69) is 9.88 Å². The number of carboxylic acids is 1. The molecule has 22 heavy (non-hydrogen) atoms. The van der Waals surface area contributed by atoms with Gasteiger partial charge in [-0.15, -0.1) is 0 Å². The lowest BCUT2D eigenvalue weighted by molar-refractivity contribution is 0.0699. The van der Waals surface area contributed by atoms with E-state index in [4.69, 9.17) is 0 Å². The van der Waals surface area contributed by atoms with Gasteiger partial charge in [-0.1, -0.05) is 18.2 Å². The van der Waals surface area contributed by atoms with Crippen molar-refractivity contribution in [3.05, 3.63) is 35.9 Å². The molecule has 4 rings (SSSR count). The monoisotopic (exact) mass is 298 g/mol. The molecule has 1 saturated carbocycles. The van der Waals surface area contributed by atoms with Crippen LogP contribution in [0.3, 0.4) is 0 Å². The fraction of sp³-hybridized carbons (Fsp3) is 0.412. The third kappa shape index (κ3) is 2.13. The number of benzene rings is 1. The second-order valence-electron chi connectivity index (χ2n) is 6.40. The van der Waals surface area contributed by atoms with Crippen molar-refractivity contribution in [2.24, 2.45) is 11.8 Å². The molecule has 2 aromatic rings. The van der Waals surface area contributed by atoms with Crippen LogP contribution >= 0.6 is 0 Å². The first kappa shape index (κ1) is 13.5. The predicted octanol–water partition coefficient (Wildman–Crippen LogP) is 2.14. The highest BCUT2D eigenvalue weighted by Gasteiger charge is 2.40. The van der Waals surface area contributed by atoms with Crippen LogP contribution in [0.25, 0.3) is 10.9 Å². The van der Waals surface area contributed by atoms with Crippen LogP contribution in [0.1, 0.15) is 23.2 Å². The van der Waals surface area contributed by atoms with Gasteiger partial charge in [0.15, 0.2) is 0 Å². The number of anilines is 1. The van der Waals surface area contributed by atoms with Gasteiger partial charge in [-0.2, -0.15) is 0 Å². The average molecular weight is 298 g/mol. The van der Waals surface area contributed by atoms with Gasteiger partial charge >= 0.3 is 5.97 Å². The van der Waals surface area contributed by atoms with E-state index in [0.29, 0.717) is 22.8 Å². The summed E-state index contributed by atoms with van der Waals surface area (Å²) < 4.78 is 0. The number of aliphatic hydroxyl groups excluding tert-OH is 1. The Balaban J connectivity index is 1.72. The minimum absolute atomic E-state index is 0.170. The molecule has 2 aliphatic rings. The van der Waals surface area contributed by atoms with Crippen molar-refractivity contribution in [2.75, 3.05) is 18.0 Å². The van der Waals surface area contributed by atoms with Gasteiger partial charge in [0.2, 0.25) is 0 Å². The fourth-order valence-electron chi connectivity index (χ4n) is 3.96. The molecule has 1 aliphatic heterocycles. The van der Waals surface area contributed by atoms with Crippen LogP contribution in [0.2, 0.25) is 0 Å². The molecular formula is C17H18N2O3. The van der Waals surface area contributed by atoms with E-state index in [1.807, 2.05) is 18.2 Å². The summed E-state index contributed by atoms with van der Waals surface area (Å²) >= 11 is 0. The lowest BCUT2D eigenvalue weighted by Crippen LogP contribution is -2.23. The van der Waals surface area contributed by atoms with Crippen LogP contribution in [-0.2, 0) is 0 Å². The minimum Gasteiger partial charge on any atom is -0.478 e. The number of nitrogens with zero attached hydrogens (tertiary/aromatic N) is 2. The summed E-state index contributed by atoms with van der Waals surface area (Å²) in [6.45, 7) is 1.71. The fourth-order valence-corrected chi connectivity index (χ4v) is 3.96. The first-order valence-electron chi connectivity index (χ1n) is 7.68. The molecule has 1 unspecified atom stereocenters. The van der Waals surface area contributed by atoms with Gasteiger partial charge in [-0.3, -0.25) is 0 Å². The lowest BCUT2D eigenvalue weighted by atomic mass is 10.0. The Bertz CT molecular complexity index is 732. The number of para-hydroxylation sites is 1. The molecular weight excluding hydrogens is 280 g/mol. The molecule has 1 aliphatic carbocycles. The number of aromatic nitrogens is 1. The lowest BCUT2D eigenvalue weighted by Gasteiger charge is -2.20. The van der Waals surface area contributed by atoms with Gasteiger partial charge in [0.1, 0.15) is 5.82 Å². The number of aromatic carboxylic acids is 1. The van der Waals surface area contributed by atoms with Crippen LogP contribution in [0.5, 0.6) is 0 Å². The number of carbonyl (C=O) groups is 1. The first-order chi connectivity index (χ1) is 10.6. The highest BCUT2D eigenvalue weighted by Crippen LogP contribution is 2.39. The Kier molecular flexibility index (Phi) is 3.04. The zero-order valence-corrected chi connectivity index (χ0v) is 12.1. The summed E-state index contributed by atoms with van der Waals surface area (Å²) in [7, 11) is 0. The van der Waals surface area contributed by atoms with E-state index >= 15 is 0 Å². The number of pyridine rings is 1. The molecule has 0 bridgehead atoms. The second kappa shape index (κ2) is 4.95. The summed E-state index contributed by atoms with van der Waals surface area (Å²) in [5, 5.41) is 19.9. The van der Waals surface area contributed by atoms with E-state index in [-0.39, 0.29) is 6.10 Å². The molecule has 0 amide bonds. The summed E-state index contributed by atoms with van der Waals surface area (Å²) in [6.07, 6.45) is 1.53. The summed E-state index contributed by atoms with van der Waals surface area (Å²) in [5.74, 6) is 0.808. The summed E-state index contributed by atoms with van der Waals surface area (Å²) in [5.41, 5.74) is 1.02. The second-order valence-corrected chi connectivity index (χ2v) is 6.40. The van der Waals surface area contributed by atoms with Crippen LogP contribution in [-0.4, -0.2) is 40.4 Å². The van der Waals surface area contributed by atoms with Gasteiger partial charge in [0, 0.05) is 18.5 Å². The Morgan fingerprint density at radius 1 is 1.18 bits per heavy atom. The number of aliphatic hydroxyl groups is 1. The molecule has 114 valence electrons. The van der Waals surface area contributed by atoms with Crippen molar-refractivity contribution in [3.8, 4) is 0 Å². The van der Waals surface area contributed by atoms with Crippen molar-refractivity contribution in [1.29, 1.82) is 0 Å². The standard InChI is InChI=1S/C17H18N2O3/c20-12-5-10-8-19(9-11(10)6-12)16-7-14(17(21)22)13-3-1-2-4-15(13)18-16/h1-4,7,10-12,20H,5-6,8-9H2,(H,21,22)/t10-,11+,12?. The third-order valence-corrected chi connectivity index (χ3v) is 4.98. The first-order valence-corrected chi connectivity index (χ1v) is 7.68. The number of fused-ring (bicyclic) bond motifs is 2. The molecule has 1 aromatic carbocycles. The van der Waals surface area contributed by atoms with Gasteiger partial charge < -0.3 is 15.1 Å². The van der Waals surface area contributed by atoms with E-state index in [1.165, 1.54) is 0 Å². The summed E-state index contributed by atoms with van der Waals surface area (Å²) in [4.78, 5) is 18.4. The van der Waals surface area contributed by atoms with Crippen LogP contribution in [0.4, 0.5) is 5.82 Å². The van der Waals surface area contributed by atoms with Crippen molar-refractivity contribution < 1.29 is 15.0 Å². The molecule has 5 nitrogen and oxygen atoms in total. The Hall–Kier alpha value is -2.14. The van der Waals surface area contributed by atoms with Crippen molar-refractivity contribution in [2.45, 2.75) is 18.9 Å². The molecule has 0 radical (unpaired) electrons. The maximum atomic E-state index is 11.5. The summed E-state index contributed by atoms with van der Waals surface area (Å²) in [6, 6.07) is 9.04. The highest BCUT2D eigenvalue weighted by atomic mass is 16.4. The highest BCUT2D eigenvalue weighted by molar-refractivity contribution is 6.03. The molecule has 2 fully saturated rings. The van der Waals surface area contributed by atoms with Crippen LogP contribution < -0.4 is 4.90 Å². The van der Waals surface area contributed by atoms with Gasteiger partial charge in [0.05, 0.1) is 17.2 Å². The maximum absolute atomic E-state index is 11.5. The van der Waals surface area contributed by atoms with Crippen molar-refractivity contribution in [1.82, 2.24) is 4.98 Å². The van der Waals surface area contributed by atoms with Gasteiger partial charge in [0.25, 0.3) is 0 Å². The van der Waals surface area contributed by atoms with Gasteiger partial charge in [-0.25, -0.2) is 9.78 Å². The quantitative estimate of drug-likeness (QED) is 0.888. The van der Waals surface area contributed by atoms with E-state index < -0.39 is 5.97 Å². The van der Waals surface area contributed by atoms with E-state index in [1.54, 1.807) is 12.1 Å². The molecule has 2 heterocycles. The van der Waals surface area contributed by atoms with Crippen molar-refractivity contribution in [3.63, 3.8) is 0 Å². The number of hydrogen-bond acceptors (Lipinski definition) is 4. The molecule has 3 atom stereocenters. The molecule has 0 spiro atoms. The smallest absolute Gasteiger partial charge is 0.336 e. The molecule has 2 N–H and O–H groups in total. The van der Waals surface area contributed by atoms with Gasteiger partial charge in [-0.05, 0) is 36.8 Å². The van der Waals surface area contributed by atoms with E-state index in [0.717, 1.165) is 37.3 Å². The van der Waals surface area contributed by atoms with Crippen LogP contribution in [0, 0.1) is 11.8 Å². The maximum Gasteiger partial charge on any atom is 0.336 e. The number of hydrogen-bond donors (Lipinski definition) is 2. The topological polar surface area (TPSA) is 73.7 Å². The normalized spacial score (nSPS) is 27.3. The molecule has 1 aromatic heterocycles. The predicted molar refractivity (Wildman–Crippen MR) is 83.1 cm³/mol. The SMILES string of the molecule is O=C(O)c1cc(N2C[C@H]3CC(O)C[C@H]3C2)nc2ccccc12.